The van der Waals surface area contributed by atoms with Crippen LogP contribution in [-0.2, 0) is 18.3 Å². The molecule has 162 valence electrons. The predicted molar refractivity (Wildman–Crippen MR) is 121 cm³/mol. The van der Waals surface area contributed by atoms with Crippen molar-refractivity contribution in [2.45, 2.75) is 32.4 Å². The molecular formula is C23H34N6O. The lowest BCUT2D eigenvalue weighted by atomic mass is 9.99. The number of ether oxygens (including phenoxy) is 1. The molecule has 2 aliphatic rings. The normalized spacial score (nSPS) is 21.2. The first-order chi connectivity index (χ1) is 14.6. The number of morpholine rings is 1. The Morgan fingerprint density at radius 2 is 1.97 bits per heavy atom. The third-order valence-corrected chi connectivity index (χ3v) is 6.21. The zero-order chi connectivity index (χ0) is 20.9. The Morgan fingerprint density at radius 1 is 1.20 bits per heavy atom. The minimum absolute atomic E-state index is 0.0255. The molecule has 0 spiro atoms. The Balaban J connectivity index is 1.32. The first-order valence-electron chi connectivity index (χ1n) is 11.0. The average Bonchev–Trinajstić information content (AvgIpc) is 3.22. The van der Waals surface area contributed by atoms with Gasteiger partial charge in [-0.15, -0.1) is 0 Å². The van der Waals surface area contributed by atoms with Crippen molar-refractivity contribution in [3.8, 4) is 0 Å². The maximum atomic E-state index is 5.96. The van der Waals surface area contributed by atoms with E-state index in [4.69, 9.17) is 4.74 Å². The summed E-state index contributed by atoms with van der Waals surface area (Å²) in [5.41, 5.74) is 3.71. The number of piperidine rings is 1. The molecule has 0 aliphatic carbocycles. The lowest BCUT2D eigenvalue weighted by Gasteiger charge is -2.34. The smallest absolute Gasteiger partial charge is 0.194 e. The summed E-state index contributed by atoms with van der Waals surface area (Å²) in [4.78, 5) is 9.28. The number of aryl methyl sites for hydroxylation is 1. The van der Waals surface area contributed by atoms with E-state index in [-0.39, 0.29) is 6.10 Å². The largest absolute Gasteiger partial charge is 0.372 e. The van der Waals surface area contributed by atoms with Gasteiger partial charge in [-0.3, -0.25) is 9.67 Å². The summed E-state index contributed by atoms with van der Waals surface area (Å²) in [6.07, 6.45) is 6.51. The molecule has 0 saturated carbocycles. The number of benzene rings is 1. The quantitative estimate of drug-likeness (QED) is 0.620. The highest BCUT2D eigenvalue weighted by atomic mass is 16.5. The monoisotopic (exact) mass is 410 g/mol. The molecule has 2 aromatic rings. The summed E-state index contributed by atoms with van der Waals surface area (Å²) in [6.45, 7) is 7.75. The van der Waals surface area contributed by atoms with E-state index in [0.717, 1.165) is 37.1 Å². The number of nitrogens with zero attached hydrogens (tertiary/aromatic N) is 5. The molecule has 3 heterocycles. The van der Waals surface area contributed by atoms with Crippen LogP contribution < -0.4 is 10.2 Å². The molecule has 2 saturated heterocycles. The Bertz CT molecular complexity index is 838. The number of aromatic nitrogens is 2. The van der Waals surface area contributed by atoms with Crippen LogP contribution in [0, 0.1) is 5.92 Å². The highest BCUT2D eigenvalue weighted by Gasteiger charge is 2.25. The van der Waals surface area contributed by atoms with Crippen LogP contribution in [0.3, 0.4) is 0 Å². The molecular weight excluding hydrogens is 376 g/mol. The van der Waals surface area contributed by atoms with Crippen molar-refractivity contribution >= 4 is 11.6 Å². The third-order valence-electron chi connectivity index (χ3n) is 6.21. The first-order valence-corrected chi connectivity index (χ1v) is 11.0. The van der Waals surface area contributed by atoms with Crippen molar-refractivity contribution in [1.29, 1.82) is 0 Å². The van der Waals surface area contributed by atoms with Crippen LogP contribution in [0.25, 0.3) is 0 Å². The topological polar surface area (TPSA) is 57.9 Å². The van der Waals surface area contributed by atoms with Crippen molar-refractivity contribution in [3.05, 3.63) is 47.8 Å². The van der Waals surface area contributed by atoms with Crippen LogP contribution in [0.5, 0.6) is 0 Å². The average molecular weight is 411 g/mol. The standard InChI is InChI=1S/C23H34N6O/c1-18-8-10-28(11-9-18)21-6-4-19(5-7-21)14-25-23(24-2)29-12-13-30-22(17-29)20-15-26-27(3)16-20/h4-7,15-16,18,22H,8-14,17H2,1-3H3,(H,24,25). The maximum absolute atomic E-state index is 5.96. The Morgan fingerprint density at radius 3 is 2.63 bits per heavy atom. The lowest BCUT2D eigenvalue weighted by Crippen LogP contribution is -2.47. The molecule has 30 heavy (non-hydrogen) atoms. The van der Waals surface area contributed by atoms with Gasteiger partial charge in [0, 0.05) is 57.7 Å². The number of guanidine groups is 1. The van der Waals surface area contributed by atoms with E-state index in [1.54, 1.807) is 0 Å². The fourth-order valence-corrected chi connectivity index (χ4v) is 4.25. The summed E-state index contributed by atoms with van der Waals surface area (Å²) < 4.78 is 7.78. The molecule has 2 aliphatic heterocycles. The summed E-state index contributed by atoms with van der Waals surface area (Å²) in [7, 11) is 3.78. The SMILES string of the molecule is CN=C(NCc1ccc(N2CCC(C)CC2)cc1)N1CCOC(c2cnn(C)c2)C1. The zero-order valence-corrected chi connectivity index (χ0v) is 18.4. The molecule has 1 unspecified atom stereocenters. The van der Waals surface area contributed by atoms with Gasteiger partial charge in [0.25, 0.3) is 0 Å². The Kier molecular flexibility index (Phi) is 6.57. The molecule has 1 atom stereocenters. The third kappa shape index (κ3) is 4.95. The highest BCUT2D eigenvalue weighted by Crippen LogP contribution is 2.24. The first kappa shape index (κ1) is 20.7. The van der Waals surface area contributed by atoms with E-state index in [2.05, 4.69) is 56.4 Å². The van der Waals surface area contributed by atoms with Crippen molar-refractivity contribution in [1.82, 2.24) is 20.0 Å². The van der Waals surface area contributed by atoms with Gasteiger partial charge in [-0.25, -0.2) is 0 Å². The molecule has 2 fully saturated rings. The minimum atomic E-state index is 0.0255. The van der Waals surface area contributed by atoms with Gasteiger partial charge in [0.05, 0.1) is 19.3 Å². The number of nitrogens with one attached hydrogen (secondary N) is 1. The molecule has 1 aromatic carbocycles. The molecule has 1 N–H and O–H groups in total. The van der Waals surface area contributed by atoms with Crippen LogP contribution >= 0.6 is 0 Å². The maximum Gasteiger partial charge on any atom is 0.194 e. The van der Waals surface area contributed by atoms with E-state index in [1.807, 2.05) is 31.2 Å². The highest BCUT2D eigenvalue weighted by molar-refractivity contribution is 5.80. The van der Waals surface area contributed by atoms with Crippen molar-refractivity contribution < 1.29 is 4.74 Å². The molecule has 4 rings (SSSR count). The van der Waals surface area contributed by atoms with Crippen LogP contribution in [0.2, 0.25) is 0 Å². The number of aliphatic imine (C=N–C) groups is 1. The van der Waals surface area contributed by atoms with Crippen molar-refractivity contribution in [2.24, 2.45) is 18.0 Å². The van der Waals surface area contributed by atoms with E-state index in [0.29, 0.717) is 6.61 Å². The summed E-state index contributed by atoms with van der Waals surface area (Å²) in [5.74, 6) is 1.77. The molecule has 0 bridgehead atoms. The van der Waals surface area contributed by atoms with Crippen molar-refractivity contribution in [2.75, 3.05) is 44.7 Å². The second-order valence-electron chi connectivity index (χ2n) is 8.49. The second-order valence-corrected chi connectivity index (χ2v) is 8.49. The fourth-order valence-electron chi connectivity index (χ4n) is 4.25. The number of hydrogen-bond donors (Lipinski definition) is 1. The number of hydrogen-bond acceptors (Lipinski definition) is 4. The summed E-state index contributed by atoms with van der Waals surface area (Å²) in [5, 5.41) is 7.79. The van der Waals surface area contributed by atoms with Gasteiger partial charge in [0.1, 0.15) is 6.10 Å². The van der Waals surface area contributed by atoms with Crippen LogP contribution in [-0.4, -0.2) is 60.5 Å². The lowest BCUT2D eigenvalue weighted by molar-refractivity contribution is -0.00805. The Hall–Kier alpha value is -2.54. The van der Waals surface area contributed by atoms with E-state index >= 15 is 0 Å². The van der Waals surface area contributed by atoms with Gasteiger partial charge in [-0.1, -0.05) is 19.1 Å². The van der Waals surface area contributed by atoms with Gasteiger partial charge >= 0.3 is 0 Å². The number of rotatable bonds is 4. The van der Waals surface area contributed by atoms with Gasteiger partial charge in [0.15, 0.2) is 5.96 Å². The zero-order valence-electron chi connectivity index (χ0n) is 18.4. The van der Waals surface area contributed by atoms with Crippen LogP contribution in [0.15, 0.2) is 41.7 Å². The molecule has 0 radical (unpaired) electrons. The Labute approximate surface area is 179 Å². The predicted octanol–water partition coefficient (Wildman–Crippen LogP) is 2.81. The van der Waals surface area contributed by atoms with Gasteiger partial charge in [-0.2, -0.15) is 5.10 Å². The fraction of sp³-hybridized carbons (Fsp3) is 0.565. The summed E-state index contributed by atoms with van der Waals surface area (Å²) >= 11 is 0. The van der Waals surface area contributed by atoms with Crippen LogP contribution in [0.1, 0.15) is 37.0 Å². The van der Waals surface area contributed by atoms with E-state index in [9.17, 15) is 0 Å². The second kappa shape index (κ2) is 9.51. The molecule has 7 heteroatoms. The van der Waals surface area contributed by atoms with Gasteiger partial charge < -0.3 is 19.9 Å². The van der Waals surface area contributed by atoms with Crippen LogP contribution in [0.4, 0.5) is 5.69 Å². The van der Waals surface area contributed by atoms with Crippen molar-refractivity contribution in [3.63, 3.8) is 0 Å². The van der Waals surface area contributed by atoms with Gasteiger partial charge in [0.2, 0.25) is 0 Å². The minimum Gasteiger partial charge on any atom is -0.372 e. The van der Waals surface area contributed by atoms with Gasteiger partial charge in [-0.05, 0) is 36.5 Å². The molecule has 1 aromatic heterocycles. The summed E-state index contributed by atoms with van der Waals surface area (Å²) in [6, 6.07) is 8.96. The number of anilines is 1. The molecule has 7 nitrogen and oxygen atoms in total. The van der Waals surface area contributed by atoms with E-state index < -0.39 is 0 Å². The van der Waals surface area contributed by atoms with E-state index in [1.165, 1.54) is 37.2 Å². The molecule has 0 amide bonds.